The van der Waals surface area contributed by atoms with Crippen LogP contribution in [-0.2, 0) is 4.74 Å². The van der Waals surface area contributed by atoms with E-state index in [0.29, 0.717) is 13.2 Å². The lowest BCUT2D eigenvalue weighted by atomic mass is 10.1. The first-order valence-electron chi connectivity index (χ1n) is 7.00. The van der Waals surface area contributed by atoms with Crippen molar-refractivity contribution in [2.24, 2.45) is 4.99 Å². The third-order valence-electron chi connectivity index (χ3n) is 3.24. The maximum Gasteiger partial charge on any atom is 0.198 e. The van der Waals surface area contributed by atoms with Gasteiger partial charge in [0.2, 0.25) is 0 Å². The fourth-order valence-corrected chi connectivity index (χ4v) is 2.22. The van der Waals surface area contributed by atoms with Crippen molar-refractivity contribution in [2.75, 3.05) is 38.7 Å². The second-order valence-corrected chi connectivity index (χ2v) is 4.74. The summed E-state index contributed by atoms with van der Waals surface area (Å²) in [7, 11) is 1.71. The minimum absolute atomic E-state index is 0. The van der Waals surface area contributed by atoms with E-state index in [4.69, 9.17) is 4.74 Å². The Morgan fingerprint density at radius 2 is 1.90 bits per heavy atom. The Morgan fingerprint density at radius 3 is 2.55 bits per heavy atom. The number of hydrogen-bond donors (Lipinski definition) is 1. The minimum Gasteiger partial charge on any atom is -0.383 e. The van der Waals surface area contributed by atoms with Crippen LogP contribution in [0.5, 0.6) is 0 Å². The molecule has 0 aromatic heterocycles. The molecule has 0 bridgehead atoms. The molecule has 0 aliphatic carbocycles. The summed E-state index contributed by atoms with van der Waals surface area (Å²) in [4.78, 5) is 6.98. The van der Waals surface area contributed by atoms with Gasteiger partial charge in [0.05, 0.1) is 13.2 Å². The lowest BCUT2D eigenvalue weighted by Crippen LogP contribution is -2.40. The number of aliphatic imine (C=N–C) groups is 1. The van der Waals surface area contributed by atoms with Crippen molar-refractivity contribution >= 4 is 35.6 Å². The quantitative estimate of drug-likeness (QED) is 0.372. The molecule has 1 heterocycles. The SMILES string of the molecule is COCCN=C(Nc1ccccc1)N1CCCCC1.I. The highest BCUT2D eigenvalue weighted by Crippen LogP contribution is 2.12. The summed E-state index contributed by atoms with van der Waals surface area (Å²) in [6, 6.07) is 10.2. The lowest BCUT2D eigenvalue weighted by Gasteiger charge is -2.30. The van der Waals surface area contributed by atoms with Crippen molar-refractivity contribution in [3.63, 3.8) is 0 Å². The van der Waals surface area contributed by atoms with Gasteiger partial charge in [-0.25, -0.2) is 0 Å². The van der Waals surface area contributed by atoms with Crippen LogP contribution in [0.15, 0.2) is 35.3 Å². The van der Waals surface area contributed by atoms with Gasteiger partial charge in [-0.1, -0.05) is 18.2 Å². The fraction of sp³-hybridized carbons (Fsp3) is 0.533. The number of hydrogen-bond acceptors (Lipinski definition) is 2. The van der Waals surface area contributed by atoms with Gasteiger partial charge < -0.3 is 15.0 Å². The number of rotatable bonds is 4. The van der Waals surface area contributed by atoms with Gasteiger partial charge in [0, 0.05) is 25.9 Å². The normalized spacial score (nSPS) is 15.7. The first kappa shape index (κ1) is 17.2. The lowest BCUT2D eigenvalue weighted by molar-refractivity contribution is 0.207. The molecule has 0 unspecified atom stereocenters. The summed E-state index contributed by atoms with van der Waals surface area (Å²) in [5, 5.41) is 3.43. The van der Waals surface area contributed by atoms with Gasteiger partial charge in [0.15, 0.2) is 5.96 Å². The highest BCUT2D eigenvalue weighted by Gasteiger charge is 2.14. The number of halogens is 1. The van der Waals surface area contributed by atoms with Crippen LogP contribution in [0.2, 0.25) is 0 Å². The molecule has 5 heteroatoms. The number of likely N-dealkylation sites (tertiary alicyclic amines) is 1. The minimum atomic E-state index is 0. The maximum atomic E-state index is 5.08. The molecule has 0 spiro atoms. The highest BCUT2D eigenvalue weighted by atomic mass is 127. The van der Waals surface area contributed by atoms with Crippen molar-refractivity contribution in [3.8, 4) is 0 Å². The van der Waals surface area contributed by atoms with Crippen molar-refractivity contribution in [3.05, 3.63) is 30.3 Å². The number of nitrogens with one attached hydrogen (secondary N) is 1. The first-order chi connectivity index (χ1) is 9.40. The third kappa shape index (κ3) is 5.66. The van der Waals surface area contributed by atoms with E-state index < -0.39 is 0 Å². The molecule has 112 valence electrons. The monoisotopic (exact) mass is 389 g/mol. The largest absolute Gasteiger partial charge is 0.383 e. The summed E-state index contributed by atoms with van der Waals surface area (Å²) >= 11 is 0. The average molecular weight is 389 g/mol. The molecule has 1 saturated heterocycles. The van der Waals surface area contributed by atoms with Crippen LogP contribution in [-0.4, -0.2) is 44.2 Å². The molecule has 4 nitrogen and oxygen atoms in total. The molecule has 0 atom stereocenters. The summed E-state index contributed by atoms with van der Waals surface area (Å²) in [6.07, 6.45) is 3.83. The standard InChI is InChI=1S/C15H23N3O.HI/c1-19-13-10-16-15(18-11-6-3-7-12-18)17-14-8-4-2-5-9-14;/h2,4-5,8-9H,3,6-7,10-13H2,1H3,(H,16,17);1H. The third-order valence-corrected chi connectivity index (χ3v) is 3.24. The Hall–Kier alpha value is -0.820. The maximum absolute atomic E-state index is 5.08. The topological polar surface area (TPSA) is 36.9 Å². The van der Waals surface area contributed by atoms with Crippen LogP contribution in [0.4, 0.5) is 5.69 Å². The van der Waals surface area contributed by atoms with E-state index in [2.05, 4.69) is 27.3 Å². The zero-order chi connectivity index (χ0) is 13.3. The predicted molar refractivity (Wildman–Crippen MR) is 95.1 cm³/mol. The molecule has 0 amide bonds. The van der Waals surface area contributed by atoms with E-state index in [1.165, 1.54) is 19.3 Å². The van der Waals surface area contributed by atoms with Crippen LogP contribution < -0.4 is 5.32 Å². The van der Waals surface area contributed by atoms with E-state index in [-0.39, 0.29) is 24.0 Å². The van der Waals surface area contributed by atoms with E-state index in [0.717, 1.165) is 24.7 Å². The Labute approximate surface area is 138 Å². The molecule has 2 rings (SSSR count). The highest BCUT2D eigenvalue weighted by molar-refractivity contribution is 14.0. The molecule has 1 N–H and O–H groups in total. The summed E-state index contributed by atoms with van der Waals surface area (Å²) < 4.78 is 5.08. The number of piperidine rings is 1. The van der Waals surface area contributed by atoms with Crippen LogP contribution in [0.1, 0.15) is 19.3 Å². The Bertz CT molecular complexity index is 391. The van der Waals surface area contributed by atoms with Gasteiger partial charge in [-0.05, 0) is 31.4 Å². The molecule has 1 aliphatic heterocycles. The van der Waals surface area contributed by atoms with Crippen LogP contribution >= 0.6 is 24.0 Å². The Balaban J connectivity index is 0.00000200. The zero-order valence-electron chi connectivity index (χ0n) is 12.0. The Morgan fingerprint density at radius 1 is 1.20 bits per heavy atom. The number of nitrogens with zero attached hydrogens (tertiary/aromatic N) is 2. The number of benzene rings is 1. The van der Waals surface area contributed by atoms with E-state index in [1.807, 2.05) is 18.2 Å². The van der Waals surface area contributed by atoms with Gasteiger partial charge in [0.25, 0.3) is 0 Å². The second kappa shape index (κ2) is 9.99. The second-order valence-electron chi connectivity index (χ2n) is 4.74. The van der Waals surface area contributed by atoms with Crippen molar-refractivity contribution in [2.45, 2.75) is 19.3 Å². The first-order valence-corrected chi connectivity index (χ1v) is 7.00. The van der Waals surface area contributed by atoms with Gasteiger partial charge in [0.1, 0.15) is 0 Å². The average Bonchev–Trinajstić information content (AvgIpc) is 2.48. The Kier molecular flexibility index (Phi) is 8.60. The number of para-hydroxylation sites is 1. The van der Waals surface area contributed by atoms with Gasteiger partial charge >= 0.3 is 0 Å². The molecule has 1 aromatic rings. The van der Waals surface area contributed by atoms with Crippen molar-refractivity contribution in [1.29, 1.82) is 0 Å². The molecular weight excluding hydrogens is 365 g/mol. The molecule has 0 saturated carbocycles. The van der Waals surface area contributed by atoms with E-state index in [9.17, 15) is 0 Å². The fourth-order valence-electron chi connectivity index (χ4n) is 2.22. The zero-order valence-corrected chi connectivity index (χ0v) is 14.4. The molecule has 0 radical (unpaired) electrons. The molecular formula is C15H24IN3O. The number of methoxy groups -OCH3 is 1. The van der Waals surface area contributed by atoms with E-state index in [1.54, 1.807) is 7.11 Å². The van der Waals surface area contributed by atoms with Crippen LogP contribution in [0.25, 0.3) is 0 Å². The summed E-state index contributed by atoms with van der Waals surface area (Å²) in [5.41, 5.74) is 1.09. The van der Waals surface area contributed by atoms with Crippen molar-refractivity contribution in [1.82, 2.24) is 4.90 Å². The summed E-state index contributed by atoms with van der Waals surface area (Å²) in [6.45, 7) is 3.53. The number of guanidine groups is 1. The van der Waals surface area contributed by atoms with Gasteiger partial charge in [-0.15, -0.1) is 24.0 Å². The molecule has 1 aromatic carbocycles. The number of anilines is 1. The molecule has 1 aliphatic rings. The smallest absolute Gasteiger partial charge is 0.198 e. The van der Waals surface area contributed by atoms with Crippen molar-refractivity contribution < 1.29 is 4.74 Å². The van der Waals surface area contributed by atoms with Gasteiger partial charge in [-0.2, -0.15) is 0 Å². The number of ether oxygens (including phenoxy) is 1. The van der Waals surface area contributed by atoms with Crippen LogP contribution in [0, 0.1) is 0 Å². The van der Waals surface area contributed by atoms with Gasteiger partial charge in [-0.3, -0.25) is 4.99 Å². The predicted octanol–water partition coefficient (Wildman–Crippen LogP) is 3.20. The summed E-state index contributed by atoms with van der Waals surface area (Å²) in [5.74, 6) is 0.975. The molecule has 20 heavy (non-hydrogen) atoms. The van der Waals surface area contributed by atoms with E-state index >= 15 is 0 Å². The van der Waals surface area contributed by atoms with Crippen LogP contribution in [0.3, 0.4) is 0 Å². The molecule has 1 fully saturated rings.